The van der Waals surface area contributed by atoms with Crippen LogP contribution in [0.5, 0.6) is 0 Å². The van der Waals surface area contributed by atoms with Crippen molar-refractivity contribution < 1.29 is 4.79 Å². The Hall–Kier alpha value is -2.47. The van der Waals surface area contributed by atoms with Gasteiger partial charge in [-0.25, -0.2) is 4.98 Å². The fraction of sp³-hybridized carbons (Fsp3) is 0.0476. The van der Waals surface area contributed by atoms with Crippen LogP contribution in [0.1, 0.15) is 10.4 Å². The number of thiazole rings is 1. The van der Waals surface area contributed by atoms with Gasteiger partial charge in [0.05, 0.1) is 16.8 Å². The zero-order valence-electron chi connectivity index (χ0n) is 14.2. The molecular weight excluding hydrogens is 396 g/mol. The molecule has 4 rings (SSSR count). The molecule has 0 aliphatic rings. The number of hydrogen-bond donors (Lipinski definition) is 0. The van der Waals surface area contributed by atoms with Crippen LogP contribution < -0.4 is 4.90 Å². The minimum Gasteiger partial charge on any atom is -0.280 e. The van der Waals surface area contributed by atoms with Gasteiger partial charge >= 0.3 is 0 Å². The zero-order chi connectivity index (χ0) is 18.6. The Morgan fingerprint density at radius 3 is 2.74 bits per heavy atom. The Balaban J connectivity index is 1.68. The summed E-state index contributed by atoms with van der Waals surface area (Å²) in [7, 11) is 0. The molecule has 2 aromatic heterocycles. The highest BCUT2D eigenvalue weighted by Gasteiger charge is 2.18. The van der Waals surface area contributed by atoms with Gasteiger partial charge in [-0.05, 0) is 41.3 Å². The van der Waals surface area contributed by atoms with E-state index in [1.807, 2.05) is 72.1 Å². The number of fused-ring (bicyclic) bond motifs is 1. The molecule has 2 aromatic carbocycles. The van der Waals surface area contributed by atoms with Gasteiger partial charge in [0.15, 0.2) is 5.13 Å². The molecule has 4 aromatic rings. The van der Waals surface area contributed by atoms with Gasteiger partial charge in [-0.1, -0.05) is 59.3 Å². The quantitative estimate of drug-likeness (QED) is 0.364. The molecule has 0 radical (unpaired) electrons. The first-order chi connectivity index (χ1) is 13.2. The Bertz CT molecular complexity index is 1090. The van der Waals surface area contributed by atoms with Gasteiger partial charge in [0.1, 0.15) is 0 Å². The van der Waals surface area contributed by atoms with Gasteiger partial charge < -0.3 is 0 Å². The predicted octanol–water partition coefficient (Wildman–Crippen LogP) is 6.26. The van der Waals surface area contributed by atoms with Gasteiger partial charge in [0.2, 0.25) is 0 Å². The summed E-state index contributed by atoms with van der Waals surface area (Å²) in [6, 6.07) is 19.4. The van der Waals surface area contributed by atoms with E-state index in [0.717, 1.165) is 20.7 Å². The molecule has 0 saturated heterocycles. The maximum absolute atomic E-state index is 13.0. The molecule has 0 saturated carbocycles. The van der Waals surface area contributed by atoms with E-state index in [9.17, 15) is 4.79 Å². The highest BCUT2D eigenvalue weighted by molar-refractivity contribution is 7.22. The number of benzene rings is 2. The molecule has 1 amide bonds. The molecule has 0 N–H and O–H groups in total. The summed E-state index contributed by atoms with van der Waals surface area (Å²) >= 11 is 9.16. The summed E-state index contributed by atoms with van der Waals surface area (Å²) in [5, 5.41) is 3.32. The Morgan fingerprint density at radius 1 is 1.11 bits per heavy atom. The van der Waals surface area contributed by atoms with Crippen LogP contribution in [0.15, 0.2) is 72.1 Å². The van der Waals surface area contributed by atoms with Crippen molar-refractivity contribution in [2.75, 3.05) is 4.90 Å². The number of hydrogen-bond acceptors (Lipinski definition) is 4. The largest absolute Gasteiger partial charge is 0.280 e. The average Bonchev–Trinajstić information content (AvgIpc) is 3.34. The molecule has 134 valence electrons. The normalized spacial score (nSPS) is 11.3. The van der Waals surface area contributed by atoms with E-state index in [1.54, 1.807) is 22.3 Å². The van der Waals surface area contributed by atoms with Gasteiger partial charge in [-0.3, -0.25) is 9.69 Å². The average molecular weight is 411 g/mol. The number of carbonyl (C=O) groups excluding carboxylic acids is 1. The maximum atomic E-state index is 13.0. The molecule has 0 aliphatic carbocycles. The first-order valence-corrected chi connectivity index (χ1v) is 10.4. The van der Waals surface area contributed by atoms with E-state index in [-0.39, 0.29) is 5.91 Å². The van der Waals surface area contributed by atoms with Gasteiger partial charge in [-0.2, -0.15) is 0 Å². The summed E-state index contributed by atoms with van der Waals surface area (Å²) in [6.45, 7) is 0.460. The number of amides is 1. The Kier molecular flexibility index (Phi) is 5.34. The van der Waals surface area contributed by atoms with Crippen LogP contribution >= 0.6 is 34.3 Å². The van der Waals surface area contributed by atoms with Crippen molar-refractivity contribution in [1.82, 2.24) is 4.98 Å². The molecule has 0 spiro atoms. The third-order valence-corrected chi connectivity index (χ3v) is 6.07. The van der Waals surface area contributed by atoms with Gasteiger partial charge in [-0.15, -0.1) is 11.3 Å². The number of halogens is 1. The maximum Gasteiger partial charge on any atom is 0.253 e. The van der Waals surface area contributed by atoms with Crippen LogP contribution in [0, 0.1) is 0 Å². The minimum atomic E-state index is -0.0996. The van der Waals surface area contributed by atoms with E-state index >= 15 is 0 Å². The molecule has 6 heteroatoms. The van der Waals surface area contributed by atoms with Crippen molar-refractivity contribution in [3.8, 4) is 0 Å². The Labute approximate surface area is 170 Å². The fourth-order valence-electron chi connectivity index (χ4n) is 2.64. The van der Waals surface area contributed by atoms with Crippen molar-refractivity contribution in [2.24, 2.45) is 0 Å². The summed E-state index contributed by atoms with van der Waals surface area (Å²) in [4.78, 5) is 20.4. The minimum absolute atomic E-state index is 0.0996. The van der Waals surface area contributed by atoms with Crippen LogP contribution in [-0.2, 0) is 11.3 Å². The standard InChI is InChI=1S/C21H15ClN2OS2/c22-16-8-10-18-19(13-16)27-21(23-18)24(14-15-5-2-1-3-6-15)20(25)11-9-17-7-4-12-26-17/h1-13H,14H2/b11-9+. The number of anilines is 1. The second-order valence-corrected chi connectivity index (χ2v) is 8.29. The van der Waals surface area contributed by atoms with Gasteiger partial charge in [0, 0.05) is 16.0 Å². The van der Waals surface area contributed by atoms with E-state index in [2.05, 4.69) is 4.98 Å². The molecule has 27 heavy (non-hydrogen) atoms. The second-order valence-electron chi connectivity index (χ2n) is 5.87. The molecule has 0 unspecified atom stereocenters. The Morgan fingerprint density at radius 2 is 1.96 bits per heavy atom. The summed E-state index contributed by atoms with van der Waals surface area (Å²) in [5.74, 6) is -0.0996. The molecular formula is C21H15ClN2OS2. The molecule has 0 atom stereocenters. The van der Waals surface area contributed by atoms with Crippen molar-refractivity contribution in [3.63, 3.8) is 0 Å². The summed E-state index contributed by atoms with van der Waals surface area (Å²) in [5.41, 5.74) is 1.89. The topological polar surface area (TPSA) is 33.2 Å². The first kappa shape index (κ1) is 17.9. The third-order valence-electron chi connectivity index (χ3n) is 3.95. The highest BCUT2D eigenvalue weighted by Crippen LogP contribution is 2.32. The van der Waals surface area contributed by atoms with E-state index in [4.69, 9.17) is 11.6 Å². The smallest absolute Gasteiger partial charge is 0.253 e. The van der Waals surface area contributed by atoms with E-state index in [0.29, 0.717) is 16.7 Å². The SMILES string of the molecule is O=C(/C=C/c1cccs1)N(Cc1ccccc1)c1nc2ccc(Cl)cc2s1. The number of nitrogens with zero attached hydrogens (tertiary/aromatic N) is 2. The molecule has 0 fully saturated rings. The monoisotopic (exact) mass is 410 g/mol. The number of rotatable bonds is 5. The lowest BCUT2D eigenvalue weighted by atomic mass is 10.2. The molecule has 0 bridgehead atoms. The van der Waals surface area contributed by atoms with E-state index in [1.165, 1.54) is 11.3 Å². The molecule has 0 aliphatic heterocycles. The fourth-order valence-corrected chi connectivity index (χ4v) is 4.50. The molecule has 2 heterocycles. The number of aromatic nitrogens is 1. The molecule has 3 nitrogen and oxygen atoms in total. The lowest BCUT2D eigenvalue weighted by molar-refractivity contribution is -0.114. The summed E-state index contributed by atoms with van der Waals surface area (Å²) < 4.78 is 0.964. The van der Waals surface area contributed by atoms with Crippen molar-refractivity contribution in [2.45, 2.75) is 6.54 Å². The van der Waals surface area contributed by atoms with Crippen molar-refractivity contribution in [3.05, 3.63) is 87.6 Å². The predicted molar refractivity (Wildman–Crippen MR) is 116 cm³/mol. The van der Waals surface area contributed by atoms with E-state index < -0.39 is 0 Å². The van der Waals surface area contributed by atoms with Crippen LogP contribution in [-0.4, -0.2) is 10.9 Å². The van der Waals surface area contributed by atoms with Crippen LogP contribution in [0.3, 0.4) is 0 Å². The summed E-state index contributed by atoms with van der Waals surface area (Å²) in [6.07, 6.45) is 3.45. The van der Waals surface area contributed by atoms with Crippen LogP contribution in [0.2, 0.25) is 5.02 Å². The van der Waals surface area contributed by atoms with Crippen molar-refractivity contribution in [1.29, 1.82) is 0 Å². The van der Waals surface area contributed by atoms with Gasteiger partial charge in [0.25, 0.3) is 5.91 Å². The van der Waals surface area contributed by atoms with Crippen molar-refractivity contribution >= 4 is 61.6 Å². The number of thiophene rings is 1. The van der Waals surface area contributed by atoms with Crippen LogP contribution in [0.4, 0.5) is 5.13 Å². The third kappa shape index (κ3) is 4.27. The lowest BCUT2D eigenvalue weighted by Gasteiger charge is -2.18. The lowest BCUT2D eigenvalue weighted by Crippen LogP contribution is -2.28. The highest BCUT2D eigenvalue weighted by atomic mass is 35.5. The van der Waals surface area contributed by atoms with Crippen LogP contribution in [0.25, 0.3) is 16.3 Å². The zero-order valence-corrected chi connectivity index (χ0v) is 16.6. The second kappa shape index (κ2) is 8.05. The first-order valence-electron chi connectivity index (χ1n) is 8.32. The number of carbonyl (C=O) groups is 1.